The van der Waals surface area contributed by atoms with Gasteiger partial charge in [0.05, 0.1) is 0 Å². The molecule has 1 saturated heterocycles. The van der Waals surface area contributed by atoms with E-state index in [9.17, 15) is 4.79 Å². The van der Waals surface area contributed by atoms with Crippen LogP contribution in [0.2, 0.25) is 0 Å². The zero-order valence-corrected chi connectivity index (χ0v) is 13.4. The lowest BCUT2D eigenvalue weighted by atomic mass is 9.95. The Kier molecular flexibility index (Phi) is 5.03. The average molecular weight is 324 g/mol. The summed E-state index contributed by atoms with van der Waals surface area (Å²) in [5.41, 5.74) is 3.17. The SMILES string of the molecule is Cc1cc(C)cc(C(=O)N2CCCC(CCBr)C2)c1. The van der Waals surface area contributed by atoms with Crippen molar-refractivity contribution >= 4 is 21.8 Å². The Morgan fingerprint density at radius 1 is 1.32 bits per heavy atom. The molecule has 1 fully saturated rings. The molecule has 1 amide bonds. The van der Waals surface area contributed by atoms with Crippen LogP contribution >= 0.6 is 15.9 Å². The molecular formula is C16H22BrNO. The molecule has 2 nitrogen and oxygen atoms in total. The Bertz CT molecular complexity index is 436. The van der Waals surface area contributed by atoms with Crippen molar-refractivity contribution in [1.29, 1.82) is 0 Å². The zero-order valence-electron chi connectivity index (χ0n) is 11.8. The highest BCUT2D eigenvalue weighted by Gasteiger charge is 2.24. The largest absolute Gasteiger partial charge is 0.338 e. The number of halogens is 1. The topological polar surface area (TPSA) is 20.3 Å². The number of carbonyl (C=O) groups is 1. The number of amides is 1. The molecule has 0 aromatic heterocycles. The van der Waals surface area contributed by atoms with E-state index in [1.807, 2.05) is 30.9 Å². The van der Waals surface area contributed by atoms with Crippen molar-refractivity contribution in [3.63, 3.8) is 0 Å². The number of carbonyl (C=O) groups excluding carboxylic acids is 1. The van der Waals surface area contributed by atoms with Crippen LogP contribution in [0, 0.1) is 19.8 Å². The van der Waals surface area contributed by atoms with Crippen molar-refractivity contribution in [3.05, 3.63) is 34.9 Å². The van der Waals surface area contributed by atoms with Gasteiger partial charge in [-0.3, -0.25) is 4.79 Å². The quantitative estimate of drug-likeness (QED) is 0.771. The predicted octanol–water partition coefficient (Wildman–Crippen LogP) is 3.94. The maximum Gasteiger partial charge on any atom is 0.253 e. The minimum Gasteiger partial charge on any atom is -0.338 e. The first kappa shape index (κ1) is 14.6. The smallest absolute Gasteiger partial charge is 0.253 e. The van der Waals surface area contributed by atoms with Gasteiger partial charge in [0.15, 0.2) is 0 Å². The Morgan fingerprint density at radius 2 is 2.00 bits per heavy atom. The summed E-state index contributed by atoms with van der Waals surface area (Å²) in [5, 5.41) is 1.03. The normalized spacial score (nSPS) is 19.5. The van der Waals surface area contributed by atoms with Crippen LogP contribution in [0.3, 0.4) is 0 Å². The van der Waals surface area contributed by atoms with Crippen molar-refractivity contribution in [2.24, 2.45) is 5.92 Å². The molecule has 0 aliphatic carbocycles. The van der Waals surface area contributed by atoms with E-state index in [0.717, 1.165) is 48.0 Å². The number of benzene rings is 1. The Morgan fingerprint density at radius 3 is 2.63 bits per heavy atom. The summed E-state index contributed by atoms with van der Waals surface area (Å²) in [5.74, 6) is 0.856. The maximum absolute atomic E-state index is 12.6. The average Bonchev–Trinajstić information content (AvgIpc) is 2.37. The van der Waals surface area contributed by atoms with Gasteiger partial charge >= 0.3 is 0 Å². The van der Waals surface area contributed by atoms with E-state index in [1.165, 1.54) is 6.42 Å². The predicted molar refractivity (Wildman–Crippen MR) is 83.0 cm³/mol. The van der Waals surface area contributed by atoms with Crippen molar-refractivity contribution in [2.45, 2.75) is 33.1 Å². The molecular weight excluding hydrogens is 302 g/mol. The highest BCUT2D eigenvalue weighted by atomic mass is 79.9. The molecule has 1 aliphatic heterocycles. The third-order valence-electron chi connectivity index (χ3n) is 3.79. The monoisotopic (exact) mass is 323 g/mol. The van der Waals surface area contributed by atoms with E-state index < -0.39 is 0 Å². The third kappa shape index (κ3) is 3.82. The fraction of sp³-hybridized carbons (Fsp3) is 0.562. The van der Waals surface area contributed by atoms with Gasteiger partial charge in [-0.2, -0.15) is 0 Å². The first-order chi connectivity index (χ1) is 9.10. The minimum absolute atomic E-state index is 0.200. The van der Waals surface area contributed by atoms with Crippen LogP contribution in [0.1, 0.15) is 40.7 Å². The highest BCUT2D eigenvalue weighted by molar-refractivity contribution is 9.09. The number of alkyl halides is 1. The molecule has 0 bridgehead atoms. The molecule has 0 saturated carbocycles. The second-order valence-corrected chi connectivity index (χ2v) is 6.41. The molecule has 19 heavy (non-hydrogen) atoms. The van der Waals surface area contributed by atoms with E-state index in [4.69, 9.17) is 0 Å². The van der Waals surface area contributed by atoms with Gasteiger partial charge in [-0.1, -0.05) is 33.1 Å². The minimum atomic E-state index is 0.200. The van der Waals surface area contributed by atoms with Crippen LogP contribution in [0.25, 0.3) is 0 Å². The molecule has 1 unspecified atom stereocenters. The third-order valence-corrected chi connectivity index (χ3v) is 4.25. The van der Waals surface area contributed by atoms with Crippen molar-refractivity contribution in [2.75, 3.05) is 18.4 Å². The zero-order chi connectivity index (χ0) is 13.8. The van der Waals surface area contributed by atoms with Crippen LogP contribution in [-0.4, -0.2) is 29.2 Å². The molecule has 0 spiro atoms. The van der Waals surface area contributed by atoms with E-state index in [0.29, 0.717) is 5.92 Å². The first-order valence-corrected chi connectivity index (χ1v) is 8.16. The van der Waals surface area contributed by atoms with Gasteiger partial charge in [-0.05, 0) is 51.2 Å². The van der Waals surface area contributed by atoms with E-state index in [-0.39, 0.29) is 5.91 Å². The summed E-state index contributed by atoms with van der Waals surface area (Å²) in [7, 11) is 0. The van der Waals surface area contributed by atoms with Gasteiger partial charge in [0.2, 0.25) is 0 Å². The van der Waals surface area contributed by atoms with E-state index >= 15 is 0 Å². The summed E-state index contributed by atoms with van der Waals surface area (Å²) in [6.07, 6.45) is 3.55. The number of hydrogen-bond acceptors (Lipinski definition) is 1. The van der Waals surface area contributed by atoms with Crippen LogP contribution < -0.4 is 0 Å². The highest BCUT2D eigenvalue weighted by Crippen LogP contribution is 2.22. The molecule has 0 N–H and O–H groups in total. The Labute approximate surface area is 124 Å². The van der Waals surface area contributed by atoms with Crippen LogP contribution in [0.15, 0.2) is 18.2 Å². The molecule has 0 radical (unpaired) electrons. The lowest BCUT2D eigenvalue weighted by Gasteiger charge is -2.32. The molecule has 1 aromatic rings. The molecule has 1 heterocycles. The van der Waals surface area contributed by atoms with E-state index in [1.54, 1.807) is 0 Å². The van der Waals surface area contributed by atoms with Crippen molar-refractivity contribution < 1.29 is 4.79 Å². The van der Waals surface area contributed by atoms with Gasteiger partial charge in [0.1, 0.15) is 0 Å². The summed E-state index contributed by atoms with van der Waals surface area (Å²) >= 11 is 3.50. The standard InChI is InChI=1S/C16H22BrNO/c1-12-8-13(2)10-15(9-12)16(19)18-7-3-4-14(11-18)5-6-17/h8-10,14H,3-7,11H2,1-2H3. The van der Waals surface area contributed by atoms with Gasteiger partial charge in [-0.25, -0.2) is 0 Å². The van der Waals surface area contributed by atoms with Crippen LogP contribution in [0.4, 0.5) is 0 Å². The number of aryl methyl sites for hydroxylation is 2. The molecule has 104 valence electrons. The summed E-state index contributed by atoms with van der Waals surface area (Å²) in [4.78, 5) is 14.6. The fourth-order valence-electron chi connectivity index (χ4n) is 2.92. The molecule has 3 heteroatoms. The van der Waals surface area contributed by atoms with Crippen LogP contribution in [0.5, 0.6) is 0 Å². The second kappa shape index (κ2) is 6.56. The number of likely N-dealkylation sites (tertiary alicyclic amines) is 1. The number of nitrogens with zero attached hydrogens (tertiary/aromatic N) is 1. The van der Waals surface area contributed by atoms with Crippen molar-refractivity contribution in [1.82, 2.24) is 4.90 Å². The van der Waals surface area contributed by atoms with Crippen LogP contribution in [-0.2, 0) is 0 Å². The van der Waals surface area contributed by atoms with E-state index in [2.05, 4.69) is 22.0 Å². The van der Waals surface area contributed by atoms with Gasteiger partial charge < -0.3 is 4.90 Å². The first-order valence-electron chi connectivity index (χ1n) is 7.03. The fourth-order valence-corrected chi connectivity index (χ4v) is 3.57. The lowest BCUT2D eigenvalue weighted by Crippen LogP contribution is -2.40. The Balaban J connectivity index is 2.10. The van der Waals surface area contributed by atoms with Gasteiger partial charge in [0.25, 0.3) is 5.91 Å². The summed E-state index contributed by atoms with van der Waals surface area (Å²) < 4.78 is 0. The molecule has 1 atom stereocenters. The van der Waals surface area contributed by atoms with Gasteiger partial charge in [0, 0.05) is 24.0 Å². The Hall–Kier alpha value is -0.830. The second-order valence-electron chi connectivity index (χ2n) is 5.61. The number of rotatable bonds is 3. The molecule has 1 aromatic carbocycles. The van der Waals surface area contributed by atoms with Gasteiger partial charge in [-0.15, -0.1) is 0 Å². The number of hydrogen-bond donors (Lipinski definition) is 0. The summed E-state index contributed by atoms with van der Waals surface area (Å²) in [6, 6.07) is 6.12. The number of piperidine rings is 1. The maximum atomic E-state index is 12.6. The van der Waals surface area contributed by atoms with Crippen molar-refractivity contribution in [3.8, 4) is 0 Å². The molecule has 1 aliphatic rings. The lowest BCUT2D eigenvalue weighted by molar-refractivity contribution is 0.0672. The molecule has 2 rings (SSSR count). The summed E-state index contributed by atoms with van der Waals surface area (Å²) in [6.45, 7) is 5.92.